The van der Waals surface area contributed by atoms with E-state index >= 15 is 0 Å². The third kappa shape index (κ3) is 6.44. The summed E-state index contributed by atoms with van der Waals surface area (Å²) in [5, 5.41) is 3.51. The number of nitrogens with one attached hydrogen (secondary N) is 1. The Labute approximate surface area is 106 Å². The summed E-state index contributed by atoms with van der Waals surface area (Å²) in [6, 6.07) is 8.73. The highest BCUT2D eigenvalue weighted by atomic mass is 15.1. The number of benzene rings is 1. The molecule has 0 spiro atoms. The lowest BCUT2D eigenvalue weighted by molar-refractivity contribution is 0.303. The predicted molar refractivity (Wildman–Crippen MR) is 75.3 cm³/mol. The van der Waals surface area contributed by atoms with E-state index in [0.29, 0.717) is 0 Å². The van der Waals surface area contributed by atoms with Crippen LogP contribution >= 0.6 is 0 Å². The standard InChI is InChI=1S/C15H26N2/c1-13-7-6-8-14(11-13)12-17(5)10-9-16-15(2,3)4/h6-8,11,16H,9-10,12H2,1-5H3. The van der Waals surface area contributed by atoms with E-state index in [1.165, 1.54) is 11.1 Å². The molecule has 0 aromatic heterocycles. The van der Waals surface area contributed by atoms with Crippen LogP contribution in [0.3, 0.4) is 0 Å². The van der Waals surface area contributed by atoms with Crippen molar-refractivity contribution in [2.24, 2.45) is 0 Å². The maximum absolute atomic E-state index is 3.51. The molecular weight excluding hydrogens is 208 g/mol. The highest BCUT2D eigenvalue weighted by Crippen LogP contribution is 2.06. The van der Waals surface area contributed by atoms with E-state index in [4.69, 9.17) is 0 Å². The van der Waals surface area contributed by atoms with Crippen LogP contribution in [0.4, 0.5) is 0 Å². The van der Waals surface area contributed by atoms with E-state index in [0.717, 1.165) is 19.6 Å². The predicted octanol–water partition coefficient (Wildman–Crippen LogP) is 2.81. The molecule has 0 aliphatic heterocycles. The summed E-state index contributed by atoms with van der Waals surface area (Å²) in [7, 11) is 2.17. The van der Waals surface area contributed by atoms with Crippen molar-refractivity contribution in [2.45, 2.75) is 39.8 Å². The first-order valence-electron chi connectivity index (χ1n) is 6.36. The summed E-state index contributed by atoms with van der Waals surface area (Å²) in [6.07, 6.45) is 0. The van der Waals surface area contributed by atoms with Crippen LogP contribution in [-0.2, 0) is 6.54 Å². The first-order valence-corrected chi connectivity index (χ1v) is 6.36. The molecule has 2 nitrogen and oxygen atoms in total. The van der Waals surface area contributed by atoms with Crippen molar-refractivity contribution in [3.05, 3.63) is 35.4 Å². The van der Waals surface area contributed by atoms with Gasteiger partial charge >= 0.3 is 0 Å². The summed E-state index contributed by atoms with van der Waals surface area (Å²) in [4.78, 5) is 2.35. The lowest BCUT2D eigenvalue weighted by atomic mass is 10.1. The monoisotopic (exact) mass is 234 g/mol. The highest BCUT2D eigenvalue weighted by molar-refractivity contribution is 5.21. The number of rotatable bonds is 5. The van der Waals surface area contributed by atoms with Crippen LogP contribution in [-0.4, -0.2) is 30.6 Å². The van der Waals surface area contributed by atoms with Crippen LogP contribution in [0.15, 0.2) is 24.3 Å². The molecule has 0 radical (unpaired) electrons. The van der Waals surface area contributed by atoms with E-state index in [-0.39, 0.29) is 5.54 Å². The van der Waals surface area contributed by atoms with Gasteiger partial charge in [0.05, 0.1) is 0 Å². The van der Waals surface area contributed by atoms with Crippen LogP contribution in [0.25, 0.3) is 0 Å². The second-order valence-corrected chi connectivity index (χ2v) is 5.90. The smallest absolute Gasteiger partial charge is 0.0231 e. The quantitative estimate of drug-likeness (QED) is 0.843. The van der Waals surface area contributed by atoms with Crippen LogP contribution in [0.5, 0.6) is 0 Å². The lowest BCUT2D eigenvalue weighted by Gasteiger charge is -2.23. The minimum Gasteiger partial charge on any atom is -0.311 e. The van der Waals surface area contributed by atoms with Crippen LogP contribution in [0.1, 0.15) is 31.9 Å². The van der Waals surface area contributed by atoms with Crippen LogP contribution in [0, 0.1) is 6.92 Å². The Morgan fingerprint density at radius 2 is 1.94 bits per heavy atom. The van der Waals surface area contributed by atoms with Gasteiger partial charge in [-0.1, -0.05) is 29.8 Å². The van der Waals surface area contributed by atoms with E-state index < -0.39 is 0 Å². The molecule has 96 valence electrons. The zero-order valence-electron chi connectivity index (χ0n) is 11.9. The molecule has 0 aliphatic carbocycles. The molecule has 0 saturated carbocycles. The molecule has 1 aromatic carbocycles. The SMILES string of the molecule is Cc1cccc(CN(C)CCNC(C)(C)C)c1. The fourth-order valence-electron chi connectivity index (χ4n) is 1.82. The number of hydrogen-bond donors (Lipinski definition) is 1. The first kappa shape index (κ1) is 14.2. The minimum absolute atomic E-state index is 0.212. The number of hydrogen-bond acceptors (Lipinski definition) is 2. The van der Waals surface area contributed by atoms with Gasteiger partial charge in [-0.15, -0.1) is 0 Å². The summed E-state index contributed by atoms with van der Waals surface area (Å²) in [6.45, 7) is 11.9. The molecule has 0 aliphatic rings. The van der Waals surface area contributed by atoms with Crippen molar-refractivity contribution in [1.29, 1.82) is 0 Å². The van der Waals surface area contributed by atoms with Gasteiger partial charge < -0.3 is 10.2 Å². The molecule has 1 N–H and O–H groups in total. The second-order valence-electron chi connectivity index (χ2n) is 5.90. The number of nitrogens with zero attached hydrogens (tertiary/aromatic N) is 1. The van der Waals surface area contributed by atoms with Crippen molar-refractivity contribution in [3.63, 3.8) is 0 Å². The number of likely N-dealkylation sites (N-methyl/N-ethyl adjacent to an activating group) is 1. The van der Waals surface area contributed by atoms with Crippen molar-refractivity contribution < 1.29 is 0 Å². The van der Waals surface area contributed by atoms with Gasteiger partial charge in [-0.2, -0.15) is 0 Å². The van der Waals surface area contributed by atoms with E-state index in [2.05, 4.69) is 69.2 Å². The van der Waals surface area contributed by atoms with Gasteiger partial charge in [0.25, 0.3) is 0 Å². The molecule has 1 aromatic rings. The number of aryl methyl sites for hydroxylation is 1. The maximum atomic E-state index is 3.51. The van der Waals surface area contributed by atoms with Crippen LogP contribution < -0.4 is 5.32 Å². The molecule has 0 heterocycles. The molecule has 0 bridgehead atoms. The fourth-order valence-corrected chi connectivity index (χ4v) is 1.82. The van der Waals surface area contributed by atoms with Crippen molar-refractivity contribution in [1.82, 2.24) is 10.2 Å². The zero-order chi connectivity index (χ0) is 12.9. The second kappa shape index (κ2) is 6.18. The van der Waals surface area contributed by atoms with Gasteiger partial charge in [-0.05, 0) is 40.3 Å². The Hall–Kier alpha value is -0.860. The lowest BCUT2D eigenvalue weighted by Crippen LogP contribution is -2.40. The zero-order valence-corrected chi connectivity index (χ0v) is 11.9. The topological polar surface area (TPSA) is 15.3 Å². The van der Waals surface area contributed by atoms with Gasteiger partial charge in [0.15, 0.2) is 0 Å². The summed E-state index contributed by atoms with van der Waals surface area (Å²) in [5.41, 5.74) is 2.94. The third-order valence-electron chi connectivity index (χ3n) is 2.68. The third-order valence-corrected chi connectivity index (χ3v) is 2.68. The molecule has 0 saturated heterocycles. The van der Waals surface area contributed by atoms with Gasteiger partial charge in [0.2, 0.25) is 0 Å². The molecule has 0 amide bonds. The van der Waals surface area contributed by atoms with Crippen molar-refractivity contribution in [2.75, 3.05) is 20.1 Å². The summed E-state index contributed by atoms with van der Waals surface area (Å²) < 4.78 is 0. The largest absolute Gasteiger partial charge is 0.311 e. The van der Waals surface area contributed by atoms with E-state index in [9.17, 15) is 0 Å². The molecule has 17 heavy (non-hydrogen) atoms. The Kier molecular flexibility index (Phi) is 5.16. The molecule has 1 rings (SSSR count). The molecule has 2 heteroatoms. The van der Waals surface area contributed by atoms with E-state index in [1.807, 2.05) is 0 Å². The Morgan fingerprint density at radius 3 is 2.53 bits per heavy atom. The normalized spacial score (nSPS) is 12.1. The molecular formula is C15H26N2. The Balaban J connectivity index is 2.32. The molecule has 0 fully saturated rings. The van der Waals surface area contributed by atoms with Crippen molar-refractivity contribution >= 4 is 0 Å². The minimum atomic E-state index is 0.212. The van der Waals surface area contributed by atoms with Gasteiger partial charge in [-0.3, -0.25) is 0 Å². The van der Waals surface area contributed by atoms with Gasteiger partial charge in [0, 0.05) is 25.2 Å². The summed E-state index contributed by atoms with van der Waals surface area (Å²) >= 11 is 0. The van der Waals surface area contributed by atoms with Crippen molar-refractivity contribution in [3.8, 4) is 0 Å². The Bertz CT molecular complexity index is 339. The first-order chi connectivity index (χ1) is 7.87. The van der Waals surface area contributed by atoms with Gasteiger partial charge in [0.1, 0.15) is 0 Å². The van der Waals surface area contributed by atoms with Gasteiger partial charge in [-0.25, -0.2) is 0 Å². The molecule has 0 unspecified atom stereocenters. The fraction of sp³-hybridized carbons (Fsp3) is 0.600. The Morgan fingerprint density at radius 1 is 1.24 bits per heavy atom. The summed E-state index contributed by atoms with van der Waals surface area (Å²) in [5.74, 6) is 0. The highest BCUT2D eigenvalue weighted by Gasteiger charge is 2.08. The molecule has 0 atom stereocenters. The van der Waals surface area contributed by atoms with E-state index in [1.54, 1.807) is 0 Å². The van der Waals surface area contributed by atoms with Crippen LogP contribution in [0.2, 0.25) is 0 Å². The maximum Gasteiger partial charge on any atom is 0.0231 e. The average molecular weight is 234 g/mol. The average Bonchev–Trinajstić information content (AvgIpc) is 2.15.